The Morgan fingerprint density at radius 2 is 2.32 bits per heavy atom. The molecule has 0 amide bonds. The number of hydrogen-bond donors (Lipinski definition) is 1. The number of nitrogens with zero attached hydrogens (tertiary/aromatic N) is 2. The van der Waals surface area contributed by atoms with Crippen LogP contribution in [0.3, 0.4) is 0 Å². The molecule has 0 atom stereocenters. The largest absolute Gasteiger partial charge is 0.381 e. The van der Waals surface area contributed by atoms with Crippen LogP contribution in [0.15, 0.2) is 11.4 Å². The predicted octanol–water partition coefficient (Wildman–Crippen LogP) is 3.57. The molecule has 0 radical (unpaired) electrons. The van der Waals surface area contributed by atoms with Gasteiger partial charge in [0, 0.05) is 19.8 Å². The molecule has 4 nitrogen and oxygen atoms in total. The van der Waals surface area contributed by atoms with Crippen LogP contribution in [0.4, 0.5) is 5.82 Å². The first-order valence-electron chi connectivity index (χ1n) is 6.55. The van der Waals surface area contributed by atoms with E-state index < -0.39 is 0 Å². The molecule has 3 rings (SSSR count). The van der Waals surface area contributed by atoms with Crippen molar-refractivity contribution in [2.45, 2.75) is 19.3 Å². The fourth-order valence-electron chi connectivity index (χ4n) is 1.88. The molecular formula is C13H16ClN3OS. The Hall–Kier alpha value is -0.910. The Morgan fingerprint density at radius 1 is 1.42 bits per heavy atom. The van der Waals surface area contributed by atoms with Crippen LogP contribution < -0.4 is 5.32 Å². The number of rotatable bonds is 7. The summed E-state index contributed by atoms with van der Waals surface area (Å²) in [5.41, 5.74) is 0. The molecule has 1 aliphatic rings. The number of fused-ring (bicyclic) bond motifs is 1. The van der Waals surface area contributed by atoms with E-state index in [-0.39, 0.29) is 0 Å². The lowest BCUT2D eigenvalue weighted by atomic mass is 10.3. The molecule has 0 saturated heterocycles. The standard InChI is InChI=1S/C13H16ClN3OS/c14-13-16-11(10-4-7-19-12(10)17-13)15-5-1-6-18-8-9-2-3-9/h4,7,9H,1-3,5-6,8H2,(H,15,16,17). The molecule has 0 aliphatic heterocycles. The van der Waals surface area contributed by atoms with E-state index in [1.54, 1.807) is 11.3 Å². The summed E-state index contributed by atoms with van der Waals surface area (Å²) in [5.74, 6) is 1.65. The minimum atomic E-state index is 0.294. The second-order valence-corrected chi connectivity index (χ2v) is 6.01. The number of aromatic nitrogens is 2. The quantitative estimate of drug-likeness (QED) is 0.627. The zero-order chi connectivity index (χ0) is 13.1. The van der Waals surface area contributed by atoms with Crippen molar-refractivity contribution in [2.24, 2.45) is 5.92 Å². The highest BCUT2D eigenvalue weighted by molar-refractivity contribution is 7.16. The third-order valence-electron chi connectivity index (χ3n) is 3.11. The summed E-state index contributed by atoms with van der Waals surface area (Å²) in [4.78, 5) is 9.35. The van der Waals surface area contributed by atoms with Crippen LogP contribution in [0.5, 0.6) is 0 Å². The molecule has 2 aromatic rings. The lowest BCUT2D eigenvalue weighted by molar-refractivity contribution is 0.124. The first-order chi connectivity index (χ1) is 9.33. The summed E-state index contributed by atoms with van der Waals surface area (Å²) >= 11 is 7.48. The molecule has 1 saturated carbocycles. The smallest absolute Gasteiger partial charge is 0.225 e. The highest BCUT2D eigenvalue weighted by Gasteiger charge is 2.20. The summed E-state index contributed by atoms with van der Waals surface area (Å²) in [6.45, 7) is 2.56. The lowest BCUT2D eigenvalue weighted by Crippen LogP contribution is -2.08. The van der Waals surface area contributed by atoms with Gasteiger partial charge in [0.15, 0.2) is 0 Å². The number of anilines is 1. The molecule has 6 heteroatoms. The SMILES string of the molecule is Clc1nc(NCCCOCC2CC2)c2ccsc2n1. The third kappa shape index (κ3) is 3.55. The van der Waals surface area contributed by atoms with E-state index in [0.717, 1.165) is 48.1 Å². The van der Waals surface area contributed by atoms with Gasteiger partial charge < -0.3 is 10.1 Å². The van der Waals surface area contributed by atoms with Crippen molar-refractivity contribution in [3.05, 3.63) is 16.7 Å². The molecule has 102 valence electrons. The molecule has 2 heterocycles. The summed E-state index contributed by atoms with van der Waals surface area (Å²) in [5, 5.41) is 6.64. The maximum atomic E-state index is 5.90. The Bertz CT molecular complexity index is 556. The van der Waals surface area contributed by atoms with Gasteiger partial charge >= 0.3 is 0 Å². The van der Waals surface area contributed by atoms with Crippen LogP contribution in [0.25, 0.3) is 10.2 Å². The normalized spacial score (nSPS) is 15.0. The van der Waals surface area contributed by atoms with Gasteiger partial charge in [-0.15, -0.1) is 11.3 Å². The molecule has 0 spiro atoms. The topological polar surface area (TPSA) is 47.0 Å². The van der Waals surface area contributed by atoms with Crippen molar-refractivity contribution in [1.82, 2.24) is 9.97 Å². The van der Waals surface area contributed by atoms with Crippen molar-refractivity contribution >= 4 is 39.0 Å². The fraction of sp³-hybridized carbons (Fsp3) is 0.538. The summed E-state index contributed by atoms with van der Waals surface area (Å²) in [6.07, 6.45) is 3.65. The molecule has 2 aromatic heterocycles. The lowest BCUT2D eigenvalue weighted by Gasteiger charge is -2.07. The third-order valence-corrected chi connectivity index (χ3v) is 4.08. The summed E-state index contributed by atoms with van der Waals surface area (Å²) in [6, 6.07) is 2.02. The van der Waals surface area contributed by atoms with Gasteiger partial charge in [-0.2, -0.15) is 0 Å². The zero-order valence-electron chi connectivity index (χ0n) is 10.6. The van der Waals surface area contributed by atoms with Crippen LogP contribution in [0, 0.1) is 5.92 Å². The van der Waals surface area contributed by atoms with E-state index in [4.69, 9.17) is 16.3 Å². The van der Waals surface area contributed by atoms with Crippen LogP contribution >= 0.6 is 22.9 Å². The molecular weight excluding hydrogens is 282 g/mol. The number of nitrogens with one attached hydrogen (secondary N) is 1. The van der Waals surface area contributed by atoms with E-state index in [0.29, 0.717) is 5.28 Å². The van der Waals surface area contributed by atoms with E-state index in [9.17, 15) is 0 Å². The van der Waals surface area contributed by atoms with Gasteiger partial charge in [0.2, 0.25) is 5.28 Å². The van der Waals surface area contributed by atoms with Crippen molar-refractivity contribution in [3.8, 4) is 0 Å². The number of halogens is 1. The van der Waals surface area contributed by atoms with Crippen molar-refractivity contribution in [3.63, 3.8) is 0 Å². The molecule has 0 aromatic carbocycles. The van der Waals surface area contributed by atoms with Crippen LogP contribution in [-0.2, 0) is 4.74 Å². The highest BCUT2D eigenvalue weighted by atomic mass is 35.5. The first kappa shape index (κ1) is 13.1. The van der Waals surface area contributed by atoms with Crippen molar-refractivity contribution in [1.29, 1.82) is 0 Å². The zero-order valence-corrected chi connectivity index (χ0v) is 12.1. The van der Waals surface area contributed by atoms with Crippen LogP contribution in [-0.4, -0.2) is 29.7 Å². The predicted molar refractivity (Wildman–Crippen MR) is 79.1 cm³/mol. The Morgan fingerprint density at radius 3 is 3.16 bits per heavy atom. The maximum Gasteiger partial charge on any atom is 0.225 e. The fourth-order valence-corrected chi connectivity index (χ4v) is 2.86. The number of ether oxygens (including phenoxy) is 1. The first-order valence-corrected chi connectivity index (χ1v) is 7.81. The summed E-state index contributed by atoms with van der Waals surface area (Å²) < 4.78 is 5.59. The van der Waals surface area contributed by atoms with E-state index in [1.165, 1.54) is 12.8 Å². The van der Waals surface area contributed by atoms with Gasteiger partial charge in [-0.25, -0.2) is 9.97 Å². The van der Waals surface area contributed by atoms with Crippen LogP contribution in [0.1, 0.15) is 19.3 Å². The molecule has 0 unspecified atom stereocenters. The Labute approximate surface area is 121 Å². The monoisotopic (exact) mass is 297 g/mol. The van der Waals surface area contributed by atoms with Gasteiger partial charge in [-0.05, 0) is 48.2 Å². The maximum absolute atomic E-state index is 5.90. The van der Waals surface area contributed by atoms with Gasteiger partial charge in [0.05, 0.1) is 5.39 Å². The van der Waals surface area contributed by atoms with E-state index in [1.807, 2.05) is 11.4 Å². The van der Waals surface area contributed by atoms with Gasteiger partial charge in [0.25, 0.3) is 0 Å². The second kappa shape index (κ2) is 6.03. The minimum Gasteiger partial charge on any atom is -0.381 e. The van der Waals surface area contributed by atoms with E-state index >= 15 is 0 Å². The van der Waals surface area contributed by atoms with Crippen molar-refractivity contribution in [2.75, 3.05) is 25.1 Å². The Balaban J connectivity index is 1.48. The van der Waals surface area contributed by atoms with Gasteiger partial charge in [-0.1, -0.05) is 0 Å². The second-order valence-electron chi connectivity index (χ2n) is 4.78. The molecule has 1 fully saturated rings. The average Bonchev–Trinajstić information content (AvgIpc) is 3.09. The molecule has 19 heavy (non-hydrogen) atoms. The highest BCUT2D eigenvalue weighted by Crippen LogP contribution is 2.29. The van der Waals surface area contributed by atoms with Gasteiger partial charge in [-0.3, -0.25) is 0 Å². The molecule has 1 aliphatic carbocycles. The Kier molecular flexibility index (Phi) is 4.15. The van der Waals surface area contributed by atoms with Crippen molar-refractivity contribution < 1.29 is 4.74 Å². The van der Waals surface area contributed by atoms with E-state index in [2.05, 4.69) is 15.3 Å². The van der Waals surface area contributed by atoms with Gasteiger partial charge in [0.1, 0.15) is 10.6 Å². The summed E-state index contributed by atoms with van der Waals surface area (Å²) in [7, 11) is 0. The average molecular weight is 298 g/mol. The van der Waals surface area contributed by atoms with Crippen LogP contribution in [0.2, 0.25) is 5.28 Å². The minimum absolute atomic E-state index is 0.294. The molecule has 1 N–H and O–H groups in total. The molecule has 0 bridgehead atoms. The number of thiophene rings is 1. The number of hydrogen-bond acceptors (Lipinski definition) is 5.